The fourth-order valence-corrected chi connectivity index (χ4v) is 1.22. The van der Waals surface area contributed by atoms with Crippen LogP contribution in [0, 0.1) is 22.7 Å². The third-order valence-corrected chi connectivity index (χ3v) is 1.90. The van der Waals surface area contributed by atoms with Gasteiger partial charge in [-0.15, -0.1) is 0 Å². The van der Waals surface area contributed by atoms with Crippen LogP contribution in [0.15, 0.2) is 18.2 Å². The van der Waals surface area contributed by atoms with E-state index in [2.05, 4.69) is 12.1 Å². The van der Waals surface area contributed by atoms with Gasteiger partial charge < -0.3 is 4.74 Å². The molecule has 1 aromatic rings. The van der Waals surface area contributed by atoms with Crippen LogP contribution in [-0.2, 0) is 12.8 Å². The first kappa shape index (κ1) is 10.1. The average molecular weight is 186 g/mol. The lowest BCUT2D eigenvalue weighted by Crippen LogP contribution is -1.93. The third-order valence-electron chi connectivity index (χ3n) is 1.90. The van der Waals surface area contributed by atoms with Crippen LogP contribution in [-0.4, -0.2) is 7.11 Å². The van der Waals surface area contributed by atoms with Crippen LogP contribution >= 0.6 is 0 Å². The van der Waals surface area contributed by atoms with Gasteiger partial charge in [0.1, 0.15) is 5.75 Å². The summed E-state index contributed by atoms with van der Waals surface area (Å²) in [6, 6.07) is 9.61. The van der Waals surface area contributed by atoms with Gasteiger partial charge in [-0.05, 0) is 11.6 Å². The molecule has 0 radical (unpaired) electrons. The van der Waals surface area contributed by atoms with Gasteiger partial charge in [0.25, 0.3) is 0 Å². The predicted molar refractivity (Wildman–Crippen MR) is 51.6 cm³/mol. The van der Waals surface area contributed by atoms with E-state index < -0.39 is 0 Å². The Hall–Kier alpha value is -2.00. The molecule has 0 atom stereocenters. The Bertz CT molecular complexity index is 399. The number of nitriles is 2. The van der Waals surface area contributed by atoms with E-state index in [4.69, 9.17) is 15.3 Å². The van der Waals surface area contributed by atoms with E-state index in [1.807, 2.05) is 12.1 Å². The monoisotopic (exact) mass is 186 g/mol. The topological polar surface area (TPSA) is 56.8 Å². The molecule has 0 aliphatic rings. The molecule has 0 aliphatic heterocycles. The fraction of sp³-hybridized carbons (Fsp3) is 0.273. The van der Waals surface area contributed by atoms with Crippen LogP contribution < -0.4 is 4.74 Å². The quantitative estimate of drug-likeness (QED) is 0.723. The van der Waals surface area contributed by atoms with Crippen LogP contribution in [0.2, 0.25) is 0 Å². The molecular weight excluding hydrogens is 176 g/mol. The summed E-state index contributed by atoms with van der Waals surface area (Å²) in [5.41, 5.74) is 1.77. The SMILES string of the molecule is COc1cc(CC#N)ccc1CC#N. The molecule has 14 heavy (non-hydrogen) atoms. The maximum Gasteiger partial charge on any atom is 0.123 e. The van der Waals surface area contributed by atoms with Crippen molar-refractivity contribution in [1.29, 1.82) is 10.5 Å². The van der Waals surface area contributed by atoms with Gasteiger partial charge in [0.2, 0.25) is 0 Å². The summed E-state index contributed by atoms with van der Waals surface area (Å²) >= 11 is 0. The first-order valence-electron chi connectivity index (χ1n) is 4.21. The Kier molecular flexibility index (Phi) is 3.52. The van der Waals surface area contributed by atoms with E-state index >= 15 is 0 Å². The fourth-order valence-electron chi connectivity index (χ4n) is 1.22. The van der Waals surface area contributed by atoms with E-state index in [9.17, 15) is 0 Å². The number of ether oxygens (including phenoxy) is 1. The van der Waals surface area contributed by atoms with Crippen LogP contribution in [0.5, 0.6) is 5.75 Å². The van der Waals surface area contributed by atoms with Crippen molar-refractivity contribution in [2.75, 3.05) is 7.11 Å². The highest BCUT2D eigenvalue weighted by molar-refractivity contribution is 5.39. The lowest BCUT2D eigenvalue weighted by molar-refractivity contribution is 0.410. The van der Waals surface area contributed by atoms with Crippen LogP contribution in [0.3, 0.4) is 0 Å². The van der Waals surface area contributed by atoms with Crippen LogP contribution in [0.25, 0.3) is 0 Å². The normalized spacial score (nSPS) is 8.79. The van der Waals surface area contributed by atoms with Crippen LogP contribution in [0.4, 0.5) is 0 Å². The third kappa shape index (κ3) is 2.24. The first-order valence-corrected chi connectivity index (χ1v) is 4.21. The van der Waals surface area contributed by atoms with Gasteiger partial charge in [0.05, 0.1) is 32.1 Å². The van der Waals surface area contributed by atoms with E-state index in [0.29, 0.717) is 18.6 Å². The molecule has 0 spiro atoms. The van der Waals surface area contributed by atoms with Gasteiger partial charge in [-0.1, -0.05) is 12.1 Å². The lowest BCUT2D eigenvalue weighted by Gasteiger charge is -2.06. The molecule has 0 saturated heterocycles. The molecule has 0 bridgehead atoms. The van der Waals surface area contributed by atoms with Gasteiger partial charge in [0, 0.05) is 5.56 Å². The second kappa shape index (κ2) is 4.89. The van der Waals surface area contributed by atoms with Crippen molar-refractivity contribution in [1.82, 2.24) is 0 Å². The second-order valence-corrected chi connectivity index (χ2v) is 2.82. The van der Waals surface area contributed by atoms with Crippen molar-refractivity contribution >= 4 is 0 Å². The summed E-state index contributed by atoms with van der Waals surface area (Å²) in [6.07, 6.45) is 0.694. The molecule has 3 heteroatoms. The number of benzene rings is 1. The van der Waals surface area contributed by atoms with Crippen molar-refractivity contribution in [2.45, 2.75) is 12.8 Å². The molecule has 0 N–H and O–H groups in total. The molecule has 0 aromatic heterocycles. The minimum atomic E-state index is 0.329. The Morgan fingerprint density at radius 3 is 2.50 bits per heavy atom. The predicted octanol–water partition coefficient (Wildman–Crippen LogP) is 1.83. The van der Waals surface area contributed by atoms with Crippen molar-refractivity contribution in [2.24, 2.45) is 0 Å². The highest BCUT2D eigenvalue weighted by Crippen LogP contribution is 2.20. The number of hydrogen-bond donors (Lipinski definition) is 0. The molecule has 1 rings (SSSR count). The van der Waals surface area contributed by atoms with E-state index in [1.54, 1.807) is 13.2 Å². The molecule has 0 amide bonds. The van der Waals surface area contributed by atoms with E-state index in [0.717, 1.165) is 11.1 Å². The summed E-state index contributed by atoms with van der Waals surface area (Å²) in [5, 5.41) is 17.1. The van der Waals surface area contributed by atoms with Gasteiger partial charge >= 0.3 is 0 Å². The number of hydrogen-bond acceptors (Lipinski definition) is 3. The maximum absolute atomic E-state index is 8.55. The average Bonchev–Trinajstić information content (AvgIpc) is 2.21. The highest BCUT2D eigenvalue weighted by Gasteiger charge is 2.03. The molecular formula is C11H10N2O. The Morgan fingerprint density at radius 1 is 1.21 bits per heavy atom. The molecule has 3 nitrogen and oxygen atoms in total. The molecule has 0 saturated carbocycles. The van der Waals surface area contributed by atoms with Crippen molar-refractivity contribution in [3.8, 4) is 17.9 Å². The number of rotatable bonds is 3. The van der Waals surface area contributed by atoms with Gasteiger partial charge in [-0.25, -0.2) is 0 Å². The minimum Gasteiger partial charge on any atom is -0.496 e. The highest BCUT2D eigenvalue weighted by atomic mass is 16.5. The Labute approximate surface area is 83.2 Å². The van der Waals surface area contributed by atoms with Crippen molar-refractivity contribution in [3.05, 3.63) is 29.3 Å². The number of nitrogens with zero attached hydrogens (tertiary/aromatic N) is 2. The largest absolute Gasteiger partial charge is 0.496 e. The number of methoxy groups -OCH3 is 1. The molecule has 0 heterocycles. The Morgan fingerprint density at radius 2 is 1.93 bits per heavy atom. The maximum atomic E-state index is 8.55. The van der Waals surface area contributed by atoms with Crippen molar-refractivity contribution in [3.63, 3.8) is 0 Å². The lowest BCUT2D eigenvalue weighted by atomic mass is 10.1. The summed E-state index contributed by atoms with van der Waals surface area (Å²) in [7, 11) is 1.56. The summed E-state index contributed by atoms with van der Waals surface area (Å²) in [4.78, 5) is 0. The van der Waals surface area contributed by atoms with Crippen molar-refractivity contribution < 1.29 is 4.74 Å². The van der Waals surface area contributed by atoms with Gasteiger partial charge in [-0.2, -0.15) is 10.5 Å². The molecule has 0 unspecified atom stereocenters. The van der Waals surface area contributed by atoms with E-state index in [1.165, 1.54) is 0 Å². The zero-order chi connectivity index (χ0) is 10.4. The first-order chi connectivity index (χ1) is 6.81. The summed E-state index contributed by atoms with van der Waals surface area (Å²) < 4.78 is 5.12. The van der Waals surface area contributed by atoms with E-state index in [-0.39, 0.29) is 0 Å². The van der Waals surface area contributed by atoms with Gasteiger partial charge in [0.15, 0.2) is 0 Å². The standard InChI is InChI=1S/C11H10N2O/c1-14-11-8-9(4-6-12)2-3-10(11)5-7-13/h2-3,8H,4-5H2,1H3. The zero-order valence-electron chi connectivity index (χ0n) is 7.95. The zero-order valence-corrected chi connectivity index (χ0v) is 7.95. The molecule has 0 fully saturated rings. The molecule has 70 valence electrons. The van der Waals surface area contributed by atoms with Crippen LogP contribution in [0.1, 0.15) is 11.1 Å². The minimum absolute atomic E-state index is 0.329. The van der Waals surface area contributed by atoms with Gasteiger partial charge in [-0.3, -0.25) is 0 Å². The summed E-state index contributed by atoms with van der Waals surface area (Å²) in [5.74, 6) is 0.680. The Balaban J connectivity index is 3.01. The second-order valence-electron chi connectivity index (χ2n) is 2.82. The smallest absolute Gasteiger partial charge is 0.123 e. The molecule has 0 aliphatic carbocycles. The summed E-state index contributed by atoms with van der Waals surface area (Å²) in [6.45, 7) is 0. The molecule has 1 aromatic carbocycles.